The van der Waals surface area contributed by atoms with E-state index in [2.05, 4.69) is 39.6 Å². The maximum atomic E-state index is 12.7. The van der Waals surface area contributed by atoms with Crippen molar-refractivity contribution >= 4 is 17.4 Å². The summed E-state index contributed by atoms with van der Waals surface area (Å²) in [7, 11) is 4.04. The highest BCUT2D eigenvalue weighted by molar-refractivity contribution is 6.00. The zero-order valence-electron chi connectivity index (χ0n) is 14.2. The molecular weight excluding hydrogens is 302 g/mol. The van der Waals surface area contributed by atoms with Crippen molar-refractivity contribution in [1.82, 2.24) is 5.16 Å². The number of fused-ring (bicyclic) bond motifs is 1. The Balaban J connectivity index is 1.87. The number of nitrogens with zero attached hydrogens (tertiary/aromatic N) is 2. The lowest BCUT2D eigenvalue weighted by Crippen LogP contribution is -2.26. The van der Waals surface area contributed by atoms with Crippen LogP contribution in [0.1, 0.15) is 42.0 Å². The number of nitrogens with one attached hydrogen (secondary N) is 1. The lowest BCUT2D eigenvalue weighted by Gasteiger charge is -2.31. The third kappa shape index (κ3) is 2.23. The van der Waals surface area contributed by atoms with E-state index < -0.39 is 0 Å². The van der Waals surface area contributed by atoms with Gasteiger partial charge in [-0.3, -0.25) is 4.79 Å². The Kier molecular flexibility index (Phi) is 3.44. The van der Waals surface area contributed by atoms with E-state index in [-0.39, 0.29) is 11.7 Å². The number of allylic oxidation sites excluding steroid dienone is 2. The monoisotopic (exact) mass is 323 g/mol. The van der Waals surface area contributed by atoms with Gasteiger partial charge in [-0.15, -0.1) is 0 Å². The van der Waals surface area contributed by atoms with Crippen LogP contribution >= 0.6 is 0 Å². The molecule has 5 nitrogen and oxygen atoms in total. The van der Waals surface area contributed by atoms with Crippen LogP contribution in [-0.2, 0) is 4.79 Å². The lowest BCUT2D eigenvalue weighted by molar-refractivity contribution is -0.116. The number of hydrogen-bond donors (Lipinski definition) is 1. The maximum absolute atomic E-state index is 12.7. The third-order valence-corrected chi connectivity index (χ3v) is 4.95. The summed E-state index contributed by atoms with van der Waals surface area (Å²) >= 11 is 0. The highest BCUT2D eigenvalue weighted by Gasteiger charge is 2.38. The molecule has 0 radical (unpaired) electrons. The molecule has 0 spiro atoms. The molecule has 0 fully saturated rings. The molecule has 1 aliphatic heterocycles. The first-order valence-electron chi connectivity index (χ1n) is 8.33. The van der Waals surface area contributed by atoms with Crippen molar-refractivity contribution in [3.05, 3.63) is 52.4 Å². The number of hydrogen-bond acceptors (Lipinski definition) is 5. The fourth-order valence-electron chi connectivity index (χ4n) is 3.71. The van der Waals surface area contributed by atoms with E-state index in [1.54, 1.807) is 0 Å². The van der Waals surface area contributed by atoms with Crippen molar-refractivity contribution in [2.75, 3.05) is 24.3 Å². The molecule has 5 heteroatoms. The second-order valence-corrected chi connectivity index (χ2v) is 6.72. The van der Waals surface area contributed by atoms with Gasteiger partial charge >= 0.3 is 0 Å². The number of anilines is 2. The summed E-state index contributed by atoms with van der Waals surface area (Å²) in [6, 6.07) is 8.39. The molecule has 1 aliphatic carbocycles. The number of carbonyl (C=O) groups is 1. The largest absolute Gasteiger partial charge is 0.378 e. The molecule has 1 aromatic carbocycles. The molecule has 1 atom stereocenters. The van der Waals surface area contributed by atoms with Crippen molar-refractivity contribution in [1.29, 1.82) is 0 Å². The molecule has 4 rings (SSSR count). The molecule has 0 saturated heterocycles. The van der Waals surface area contributed by atoms with Gasteiger partial charge in [-0.1, -0.05) is 17.3 Å². The lowest BCUT2D eigenvalue weighted by atomic mass is 9.76. The van der Waals surface area contributed by atoms with Crippen LogP contribution in [0.3, 0.4) is 0 Å². The second kappa shape index (κ2) is 5.51. The summed E-state index contributed by atoms with van der Waals surface area (Å²) in [5.74, 6) is 0.825. The molecule has 0 bridgehead atoms. The topological polar surface area (TPSA) is 58.4 Å². The Labute approximate surface area is 141 Å². The van der Waals surface area contributed by atoms with Gasteiger partial charge in [-0.25, -0.2) is 0 Å². The van der Waals surface area contributed by atoms with Gasteiger partial charge in [0.25, 0.3) is 0 Å². The minimum Gasteiger partial charge on any atom is -0.378 e. The Morgan fingerprint density at radius 2 is 1.96 bits per heavy atom. The van der Waals surface area contributed by atoms with Crippen molar-refractivity contribution in [2.45, 2.75) is 32.1 Å². The Morgan fingerprint density at radius 1 is 1.21 bits per heavy atom. The van der Waals surface area contributed by atoms with Crippen molar-refractivity contribution in [2.24, 2.45) is 0 Å². The molecule has 2 aromatic rings. The van der Waals surface area contributed by atoms with Crippen LogP contribution in [0.2, 0.25) is 0 Å². The number of Topliss-reactive ketones (excluding diaryl/α,β-unsaturated/α-hetero) is 1. The molecule has 24 heavy (non-hydrogen) atoms. The van der Waals surface area contributed by atoms with Gasteiger partial charge in [-0.2, -0.15) is 0 Å². The summed E-state index contributed by atoms with van der Waals surface area (Å²) < 4.78 is 5.47. The highest BCUT2D eigenvalue weighted by atomic mass is 16.5. The Morgan fingerprint density at radius 3 is 2.67 bits per heavy atom. The number of aromatic nitrogens is 1. The minimum absolute atomic E-state index is 0.0912. The predicted molar refractivity (Wildman–Crippen MR) is 93.4 cm³/mol. The van der Waals surface area contributed by atoms with Gasteiger partial charge < -0.3 is 14.7 Å². The van der Waals surface area contributed by atoms with Gasteiger partial charge in [0.2, 0.25) is 5.88 Å². The quantitative estimate of drug-likeness (QED) is 0.915. The average Bonchev–Trinajstić information content (AvgIpc) is 2.94. The molecule has 124 valence electrons. The first-order valence-corrected chi connectivity index (χ1v) is 8.33. The van der Waals surface area contributed by atoms with E-state index in [1.165, 1.54) is 0 Å². The summed E-state index contributed by atoms with van der Waals surface area (Å²) in [6.45, 7) is 1.93. The second-order valence-electron chi connectivity index (χ2n) is 6.72. The molecular formula is C19H21N3O2. The SMILES string of the molecule is Cc1noc2c1[C@H](c1ccc(N(C)C)cc1)C1=C(CCCC1=O)N2. The van der Waals surface area contributed by atoms with Crippen LogP contribution in [0.4, 0.5) is 11.6 Å². The van der Waals surface area contributed by atoms with E-state index in [9.17, 15) is 4.79 Å². The van der Waals surface area contributed by atoms with Crippen LogP contribution in [0, 0.1) is 6.92 Å². The zero-order chi connectivity index (χ0) is 16.8. The molecule has 1 N–H and O–H groups in total. The van der Waals surface area contributed by atoms with Crippen LogP contribution in [-0.4, -0.2) is 25.0 Å². The first-order chi connectivity index (χ1) is 11.6. The Bertz CT molecular complexity index is 831. The van der Waals surface area contributed by atoms with E-state index in [0.29, 0.717) is 12.3 Å². The predicted octanol–water partition coefficient (Wildman–Crippen LogP) is 3.61. The molecule has 0 unspecified atom stereocenters. The van der Waals surface area contributed by atoms with Crippen molar-refractivity contribution in [3.63, 3.8) is 0 Å². The number of benzene rings is 1. The zero-order valence-corrected chi connectivity index (χ0v) is 14.2. The number of aryl methyl sites for hydroxylation is 1. The normalized spacial score (nSPS) is 19.6. The summed E-state index contributed by atoms with van der Waals surface area (Å²) in [6.07, 6.45) is 2.39. The van der Waals surface area contributed by atoms with Gasteiger partial charge in [0.15, 0.2) is 5.78 Å². The van der Waals surface area contributed by atoms with E-state index in [4.69, 9.17) is 4.52 Å². The molecule has 0 saturated carbocycles. The number of rotatable bonds is 2. The van der Waals surface area contributed by atoms with Crippen LogP contribution in [0.25, 0.3) is 0 Å². The van der Waals surface area contributed by atoms with E-state index in [0.717, 1.165) is 46.6 Å². The highest BCUT2D eigenvalue weighted by Crippen LogP contribution is 2.46. The molecule has 2 heterocycles. The van der Waals surface area contributed by atoms with Crippen molar-refractivity contribution in [3.8, 4) is 0 Å². The summed E-state index contributed by atoms with van der Waals surface area (Å²) in [5.41, 5.74) is 5.96. The van der Waals surface area contributed by atoms with Gasteiger partial charge in [0.1, 0.15) is 0 Å². The fraction of sp³-hybridized carbons (Fsp3) is 0.368. The van der Waals surface area contributed by atoms with Crippen LogP contribution in [0.15, 0.2) is 40.1 Å². The fourth-order valence-corrected chi connectivity index (χ4v) is 3.71. The minimum atomic E-state index is -0.0912. The molecule has 2 aliphatic rings. The van der Waals surface area contributed by atoms with Gasteiger partial charge in [0.05, 0.1) is 11.3 Å². The number of carbonyl (C=O) groups excluding carboxylic acids is 1. The smallest absolute Gasteiger partial charge is 0.233 e. The van der Waals surface area contributed by atoms with E-state index in [1.807, 2.05) is 21.0 Å². The van der Waals surface area contributed by atoms with Gasteiger partial charge in [0, 0.05) is 43.4 Å². The molecule has 1 aromatic heterocycles. The Hall–Kier alpha value is -2.56. The molecule has 0 amide bonds. The summed E-state index contributed by atoms with van der Waals surface area (Å²) in [4.78, 5) is 14.7. The van der Waals surface area contributed by atoms with Crippen molar-refractivity contribution < 1.29 is 9.32 Å². The summed E-state index contributed by atoms with van der Waals surface area (Å²) in [5, 5.41) is 7.42. The van der Waals surface area contributed by atoms with Crippen LogP contribution in [0.5, 0.6) is 0 Å². The van der Waals surface area contributed by atoms with Crippen LogP contribution < -0.4 is 10.2 Å². The average molecular weight is 323 g/mol. The standard InChI is InChI=1S/C19H21N3O2/c1-11-16-17(12-7-9-13(10-8-12)22(2)3)18-14(5-4-6-15(18)23)20-19(16)24-21-11/h7-10,17,20H,4-6H2,1-3H3/t17-/m0/s1. The van der Waals surface area contributed by atoms with E-state index >= 15 is 0 Å². The first kappa shape index (κ1) is 15.0. The third-order valence-electron chi connectivity index (χ3n) is 4.95. The van der Waals surface area contributed by atoms with Gasteiger partial charge in [-0.05, 0) is 37.5 Å². The number of ketones is 1. The maximum Gasteiger partial charge on any atom is 0.233 e.